The Morgan fingerprint density at radius 2 is 0.467 bits per heavy atom. The third kappa shape index (κ3) is 83.2. The molecule has 0 saturated heterocycles. The first-order valence-corrected chi connectivity index (χ1v) is 46.5. The van der Waals surface area contributed by atoms with Gasteiger partial charge in [-0.2, -0.15) is 0 Å². The van der Waals surface area contributed by atoms with Gasteiger partial charge in [-0.3, -0.25) is 32.5 Å². The molecule has 0 amide bonds. The van der Waals surface area contributed by atoms with E-state index < -0.39 is 91.5 Å². The van der Waals surface area contributed by atoms with E-state index in [-0.39, 0.29) is 19.3 Å². The summed E-state index contributed by atoms with van der Waals surface area (Å²) in [6.45, 7) is 2.68. The second-order valence-corrected chi connectivity index (χ2v) is 32.3. The fourth-order valence-electron chi connectivity index (χ4n) is 12.1. The lowest BCUT2D eigenvalue weighted by atomic mass is 10.0. The average molecular weight is 1550 g/mol. The van der Waals surface area contributed by atoms with Crippen LogP contribution in [0.2, 0.25) is 0 Å². The first kappa shape index (κ1) is 103. The van der Waals surface area contributed by atoms with Crippen LogP contribution in [0.3, 0.4) is 0 Å². The lowest BCUT2D eigenvalue weighted by Gasteiger charge is -2.21. The van der Waals surface area contributed by atoms with Gasteiger partial charge >= 0.3 is 33.6 Å². The Kier molecular flexibility index (Phi) is 79.2. The van der Waals surface area contributed by atoms with Crippen LogP contribution in [0.15, 0.2) is 97.2 Å². The van der Waals surface area contributed by atoms with Crippen molar-refractivity contribution in [1.82, 2.24) is 0 Å². The molecule has 4 N–H and O–H groups in total. The number of hydrogen-bond donors (Lipinski definition) is 4. The van der Waals surface area contributed by atoms with Crippen molar-refractivity contribution >= 4 is 33.6 Å². The summed E-state index contributed by atoms with van der Waals surface area (Å²) in [4.78, 5) is 58.8. The number of ether oxygens (including phenoxy) is 3. The zero-order valence-corrected chi connectivity index (χ0v) is 70.1. The number of aliphatic hydroxyl groups excluding tert-OH is 2. The Morgan fingerprint density at radius 1 is 0.262 bits per heavy atom. The minimum Gasteiger partial charge on any atom is -0.463 e. The molecule has 18 heteroatoms. The zero-order chi connectivity index (χ0) is 78.0. The van der Waals surface area contributed by atoms with Crippen molar-refractivity contribution in [2.75, 3.05) is 39.6 Å². The predicted octanol–water partition coefficient (Wildman–Crippen LogP) is 26.1. The second-order valence-electron chi connectivity index (χ2n) is 29.3. The van der Waals surface area contributed by atoms with Crippen LogP contribution < -0.4 is 0 Å². The summed E-state index contributed by atoms with van der Waals surface area (Å²) in [5.41, 5.74) is 0. The molecule has 0 aromatic carbocycles. The Balaban J connectivity index is 4.44. The van der Waals surface area contributed by atoms with Crippen LogP contribution in [-0.2, 0) is 55.8 Å². The molecular weight excluding hydrogens is 1390 g/mol. The summed E-state index contributed by atoms with van der Waals surface area (Å²) in [5, 5.41) is 20.7. The third-order valence-electron chi connectivity index (χ3n) is 18.8. The predicted molar refractivity (Wildman–Crippen MR) is 445 cm³/mol. The van der Waals surface area contributed by atoms with E-state index in [1.54, 1.807) is 0 Å². The maximum atomic E-state index is 13.0. The third-order valence-corrected chi connectivity index (χ3v) is 20.7. The Hall–Kier alpha value is -3.53. The first-order chi connectivity index (χ1) is 52.2. The number of carbonyl (C=O) groups is 3. The van der Waals surface area contributed by atoms with Gasteiger partial charge in [0.1, 0.15) is 25.4 Å². The highest BCUT2D eigenvalue weighted by Crippen LogP contribution is 2.45. The van der Waals surface area contributed by atoms with Crippen LogP contribution in [0.5, 0.6) is 0 Å². The van der Waals surface area contributed by atoms with E-state index in [4.69, 9.17) is 32.3 Å². The van der Waals surface area contributed by atoms with Crippen molar-refractivity contribution in [1.29, 1.82) is 0 Å². The molecule has 0 bridgehead atoms. The van der Waals surface area contributed by atoms with Gasteiger partial charge in [0.15, 0.2) is 6.10 Å². The monoisotopic (exact) mass is 1550 g/mol. The number of esters is 3. The minimum atomic E-state index is -4.93. The van der Waals surface area contributed by atoms with Crippen LogP contribution in [-0.4, -0.2) is 95.9 Å². The number of phosphoric ester groups is 2. The second kappa shape index (κ2) is 81.9. The van der Waals surface area contributed by atoms with Gasteiger partial charge < -0.3 is 34.2 Å². The number of unbranched alkanes of at least 4 members (excludes halogenated alkanes) is 44. The summed E-state index contributed by atoms with van der Waals surface area (Å²) in [5.74, 6) is -1.56. The Bertz CT molecular complexity index is 2330. The van der Waals surface area contributed by atoms with Crippen molar-refractivity contribution in [3.63, 3.8) is 0 Å². The van der Waals surface area contributed by atoms with Crippen molar-refractivity contribution in [3.05, 3.63) is 97.2 Å². The van der Waals surface area contributed by atoms with Crippen molar-refractivity contribution in [2.24, 2.45) is 0 Å². The molecule has 0 rings (SSSR count). The maximum absolute atomic E-state index is 13.0. The molecule has 0 heterocycles. The van der Waals surface area contributed by atoms with Gasteiger partial charge in [-0.05, 0) is 109 Å². The quantitative estimate of drug-likeness (QED) is 0.0146. The van der Waals surface area contributed by atoms with Crippen molar-refractivity contribution in [2.45, 2.75) is 411 Å². The molecule has 0 fully saturated rings. The summed E-state index contributed by atoms with van der Waals surface area (Å²) >= 11 is 0. The van der Waals surface area contributed by atoms with Crippen LogP contribution in [0.25, 0.3) is 0 Å². The topological polar surface area (TPSA) is 231 Å². The number of aliphatic hydroxyl groups is 2. The van der Waals surface area contributed by atoms with E-state index in [0.717, 1.165) is 128 Å². The zero-order valence-electron chi connectivity index (χ0n) is 68.3. The molecule has 16 nitrogen and oxygen atoms in total. The summed E-state index contributed by atoms with van der Waals surface area (Å²) < 4.78 is 61.3. The van der Waals surface area contributed by atoms with E-state index in [1.807, 2.05) is 0 Å². The molecule has 0 aliphatic rings. The first-order valence-electron chi connectivity index (χ1n) is 43.5. The van der Waals surface area contributed by atoms with E-state index in [2.05, 4.69) is 118 Å². The van der Waals surface area contributed by atoms with Gasteiger partial charge in [0, 0.05) is 19.3 Å². The van der Waals surface area contributed by atoms with Gasteiger partial charge in [0.2, 0.25) is 0 Å². The van der Waals surface area contributed by atoms with E-state index in [1.165, 1.54) is 205 Å². The largest absolute Gasteiger partial charge is 0.472 e. The number of allylic oxidation sites excluding steroid dienone is 16. The normalized spacial score (nSPS) is 14.3. The molecule has 0 aromatic rings. The van der Waals surface area contributed by atoms with Gasteiger partial charge in [-0.1, -0.05) is 362 Å². The molecule has 0 spiro atoms. The number of rotatable bonds is 83. The number of hydrogen-bond acceptors (Lipinski definition) is 14. The molecule has 0 aliphatic carbocycles. The number of carbonyl (C=O) groups excluding carboxylic acids is 3. The molecule has 0 aliphatic heterocycles. The average Bonchev–Trinajstić information content (AvgIpc) is 0.908. The smallest absolute Gasteiger partial charge is 0.463 e. The van der Waals surface area contributed by atoms with Crippen LogP contribution in [0, 0.1) is 0 Å². The summed E-state index contributed by atoms with van der Waals surface area (Å²) in [6.07, 6.45) is 96.0. The van der Waals surface area contributed by atoms with E-state index in [0.29, 0.717) is 19.3 Å². The van der Waals surface area contributed by atoms with E-state index >= 15 is 0 Å². The fraction of sp³-hybridized carbons (Fsp3) is 0.787. The Morgan fingerprint density at radius 3 is 0.757 bits per heavy atom. The molecule has 622 valence electrons. The standard InChI is InChI=1S/C89H160O16P2/c1-4-7-10-13-16-19-22-25-28-30-32-34-36-37-38-39-40-41-42-43-44-45-47-49-50-52-55-57-60-63-66-69-72-75-87(92)99-78-84(90)79-101-106(95,96)102-80-85(91)81-103-107(97,98)104-83-86(105-89(94)77-74-71-68-65-62-59-54-27-24-21-18-15-12-9-6-3)82-100-88(93)76-73-70-67-64-61-58-56-53-51-48-46-35-33-31-29-26-23-20-17-14-11-8-5-2/h16-17,19-20,25-26,28-29,32-35,37-38,48,51,84-86,90-91H,4-15,18,21-24,27,30-31,36,39-47,49-50,52-83H2,1-3H3,(H,95,96)(H,97,98)/b19-16-,20-17-,28-25-,29-26-,34-32-,35-33-,38-37-,51-48-. The SMILES string of the molecule is CCCCC/C=C\C/C=C\C/C=C\C/C=C\CCCCCCCCCCCCCCCCCCCC(=O)OCC(O)COP(=O)(O)OCC(O)COP(=O)(O)OCC(COC(=O)CCCCCCCCC/C=C\C/C=C\C/C=C\C/C=C\CCCCC)OC(=O)CCCCCCCCCCCCCCCCC. The van der Waals surface area contributed by atoms with Crippen LogP contribution in [0.4, 0.5) is 0 Å². The van der Waals surface area contributed by atoms with Gasteiger partial charge in [-0.25, -0.2) is 9.13 Å². The summed E-state index contributed by atoms with van der Waals surface area (Å²) in [7, 11) is -9.79. The molecule has 5 unspecified atom stereocenters. The summed E-state index contributed by atoms with van der Waals surface area (Å²) in [6, 6.07) is 0. The van der Waals surface area contributed by atoms with Gasteiger partial charge in [0.05, 0.1) is 26.4 Å². The molecule has 0 aromatic heterocycles. The van der Waals surface area contributed by atoms with Crippen LogP contribution in [0.1, 0.15) is 393 Å². The maximum Gasteiger partial charge on any atom is 0.472 e. The molecule has 0 radical (unpaired) electrons. The van der Waals surface area contributed by atoms with E-state index in [9.17, 15) is 43.5 Å². The Labute approximate surface area is 654 Å². The molecular formula is C89H160O16P2. The minimum absolute atomic E-state index is 0.106. The highest BCUT2D eigenvalue weighted by Gasteiger charge is 2.29. The van der Waals surface area contributed by atoms with Gasteiger partial charge in [-0.15, -0.1) is 0 Å². The molecule has 5 atom stereocenters. The number of phosphoric acid groups is 2. The van der Waals surface area contributed by atoms with Crippen molar-refractivity contribution in [3.8, 4) is 0 Å². The van der Waals surface area contributed by atoms with Crippen molar-refractivity contribution < 1.29 is 75.8 Å². The van der Waals surface area contributed by atoms with Gasteiger partial charge in [0.25, 0.3) is 0 Å². The molecule has 0 saturated carbocycles. The lowest BCUT2D eigenvalue weighted by molar-refractivity contribution is -0.161. The highest BCUT2D eigenvalue weighted by atomic mass is 31.2. The van der Waals surface area contributed by atoms with Crippen LogP contribution >= 0.6 is 15.6 Å². The fourth-order valence-corrected chi connectivity index (χ4v) is 13.7. The lowest BCUT2D eigenvalue weighted by Crippen LogP contribution is -2.30. The highest BCUT2D eigenvalue weighted by molar-refractivity contribution is 7.47. The molecule has 107 heavy (non-hydrogen) atoms.